The first-order chi connectivity index (χ1) is 6.72. The molecule has 14 heavy (non-hydrogen) atoms. The molecule has 0 spiro atoms. The molecule has 0 radical (unpaired) electrons. The monoisotopic (exact) mass is 220 g/mol. The molecule has 0 saturated carbocycles. The van der Waals surface area contributed by atoms with E-state index in [0.29, 0.717) is 6.42 Å². The van der Waals surface area contributed by atoms with Gasteiger partial charge in [0, 0.05) is 20.4 Å². The molecule has 0 unspecified atom stereocenters. The quantitative estimate of drug-likeness (QED) is 0.726. The summed E-state index contributed by atoms with van der Waals surface area (Å²) >= 11 is 5.87. The van der Waals surface area contributed by atoms with Gasteiger partial charge >= 0.3 is 0 Å². The number of benzene rings is 1. The van der Waals surface area contributed by atoms with Crippen molar-refractivity contribution in [3.05, 3.63) is 23.1 Å². The standard InChI is InChI=1S/C10H8N2S2/c11-2-1-6-3-7(13)4-9-10(6)8(12)5-14-9/h3-5,13H,1,12H2. The van der Waals surface area contributed by atoms with E-state index in [1.165, 1.54) is 0 Å². The Hall–Kier alpha value is -1.18. The predicted molar refractivity (Wildman–Crippen MR) is 62.8 cm³/mol. The summed E-state index contributed by atoms with van der Waals surface area (Å²) in [5.74, 6) is 0. The van der Waals surface area contributed by atoms with E-state index in [1.54, 1.807) is 11.3 Å². The van der Waals surface area contributed by atoms with Gasteiger partial charge in [0.05, 0.1) is 18.2 Å². The minimum Gasteiger partial charge on any atom is -0.398 e. The second kappa shape index (κ2) is 3.52. The number of thiol groups is 1. The van der Waals surface area contributed by atoms with Gasteiger partial charge in [-0.25, -0.2) is 0 Å². The largest absolute Gasteiger partial charge is 0.398 e. The van der Waals surface area contributed by atoms with Crippen LogP contribution in [0.2, 0.25) is 0 Å². The molecule has 0 saturated heterocycles. The van der Waals surface area contributed by atoms with Crippen LogP contribution in [0.3, 0.4) is 0 Å². The Bertz CT molecular complexity index is 523. The van der Waals surface area contributed by atoms with Gasteiger partial charge in [-0.15, -0.1) is 24.0 Å². The van der Waals surface area contributed by atoms with E-state index in [4.69, 9.17) is 11.0 Å². The van der Waals surface area contributed by atoms with Gasteiger partial charge in [-0.1, -0.05) is 0 Å². The summed E-state index contributed by atoms with van der Waals surface area (Å²) in [4.78, 5) is 0.879. The van der Waals surface area contributed by atoms with Crippen LogP contribution in [0.5, 0.6) is 0 Å². The number of rotatable bonds is 1. The fraction of sp³-hybridized carbons (Fsp3) is 0.100. The highest BCUT2D eigenvalue weighted by Crippen LogP contribution is 2.33. The molecule has 2 N–H and O–H groups in total. The first-order valence-electron chi connectivity index (χ1n) is 4.08. The molecule has 1 aromatic carbocycles. The molecule has 0 amide bonds. The van der Waals surface area contributed by atoms with Crippen molar-refractivity contribution in [1.29, 1.82) is 5.26 Å². The molecule has 1 aromatic heterocycles. The molecule has 2 aromatic rings. The Morgan fingerprint density at radius 1 is 1.50 bits per heavy atom. The Morgan fingerprint density at radius 3 is 3.00 bits per heavy atom. The third-order valence-corrected chi connectivity index (χ3v) is 3.25. The van der Waals surface area contributed by atoms with E-state index >= 15 is 0 Å². The lowest BCUT2D eigenvalue weighted by Gasteiger charge is -2.01. The van der Waals surface area contributed by atoms with Crippen LogP contribution in [-0.4, -0.2) is 0 Å². The van der Waals surface area contributed by atoms with Crippen molar-refractivity contribution in [3.8, 4) is 6.07 Å². The van der Waals surface area contributed by atoms with Crippen molar-refractivity contribution in [1.82, 2.24) is 0 Å². The summed E-state index contributed by atoms with van der Waals surface area (Å²) in [7, 11) is 0. The van der Waals surface area contributed by atoms with Crippen molar-refractivity contribution < 1.29 is 0 Å². The Labute approximate surface area is 91.4 Å². The molecule has 2 nitrogen and oxygen atoms in total. The number of nitrogens with zero attached hydrogens (tertiary/aromatic N) is 1. The zero-order chi connectivity index (χ0) is 10.1. The summed E-state index contributed by atoms with van der Waals surface area (Å²) in [5, 5.41) is 11.6. The van der Waals surface area contributed by atoms with Gasteiger partial charge in [0.15, 0.2) is 0 Å². The van der Waals surface area contributed by atoms with E-state index in [1.807, 2.05) is 17.5 Å². The third kappa shape index (κ3) is 1.45. The van der Waals surface area contributed by atoms with Crippen LogP contribution < -0.4 is 5.73 Å². The lowest BCUT2D eigenvalue weighted by Crippen LogP contribution is -1.88. The average molecular weight is 220 g/mol. The Kier molecular flexibility index (Phi) is 2.36. The van der Waals surface area contributed by atoms with Crippen LogP contribution in [0, 0.1) is 11.3 Å². The van der Waals surface area contributed by atoms with Crippen molar-refractivity contribution in [2.24, 2.45) is 0 Å². The number of hydrogen-bond acceptors (Lipinski definition) is 4. The molecular formula is C10H8N2S2. The van der Waals surface area contributed by atoms with Crippen LogP contribution in [0.1, 0.15) is 5.56 Å². The molecule has 0 aliphatic rings. The molecule has 4 heteroatoms. The van der Waals surface area contributed by atoms with Gasteiger partial charge in [-0.2, -0.15) is 5.26 Å². The molecule has 1 heterocycles. The van der Waals surface area contributed by atoms with Gasteiger partial charge in [0.2, 0.25) is 0 Å². The van der Waals surface area contributed by atoms with Crippen LogP contribution >= 0.6 is 24.0 Å². The number of hydrogen-bond donors (Lipinski definition) is 2. The summed E-state index contributed by atoms with van der Waals surface area (Å²) in [5.41, 5.74) is 7.55. The van der Waals surface area contributed by atoms with E-state index < -0.39 is 0 Å². The van der Waals surface area contributed by atoms with Gasteiger partial charge < -0.3 is 5.73 Å². The van der Waals surface area contributed by atoms with E-state index in [9.17, 15) is 0 Å². The Morgan fingerprint density at radius 2 is 2.29 bits per heavy atom. The summed E-state index contributed by atoms with van der Waals surface area (Å²) in [6, 6.07) is 6.01. The van der Waals surface area contributed by atoms with Crippen molar-refractivity contribution in [2.75, 3.05) is 5.73 Å². The molecular weight excluding hydrogens is 212 g/mol. The van der Waals surface area contributed by atoms with Crippen molar-refractivity contribution in [3.63, 3.8) is 0 Å². The number of nitrogens with two attached hydrogens (primary N) is 1. The van der Waals surface area contributed by atoms with E-state index in [0.717, 1.165) is 26.2 Å². The van der Waals surface area contributed by atoms with E-state index in [-0.39, 0.29) is 0 Å². The highest BCUT2D eigenvalue weighted by atomic mass is 32.1. The zero-order valence-corrected chi connectivity index (χ0v) is 9.03. The maximum absolute atomic E-state index is 8.69. The minimum atomic E-state index is 0.381. The maximum atomic E-state index is 8.69. The second-order valence-electron chi connectivity index (χ2n) is 3.00. The second-order valence-corrected chi connectivity index (χ2v) is 4.43. The molecule has 0 aliphatic carbocycles. The normalized spacial score (nSPS) is 10.3. The number of nitrogen functional groups attached to an aromatic ring is 1. The fourth-order valence-electron chi connectivity index (χ4n) is 1.49. The molecule has 70 valence electrons. The zero-order valence-electron chi connectivity index (χ0n) is 7.32. The predicted octanol–water partition coefficient (Wildman–Crippen LogP) is 2.84. The first-order valence-corrected chi connectivity index (χ1v) is 5.40. The number of nitriles is 1. The smallest absolute Gasteiger partial charge is 0.0669 e. The van der Waals surface area contributed by atoms with Gasteiger partial charge in [0.25, 0.3) is 0 Å². The van der Waals surface area contributed by atoms with Crippen LogP contribution in [0.4, 0.5) is 5.69 Å². The van der Waals surface area contributed by atoms with Gasteiger partial charge in [0.1, 0.15) is 0 Å². The molecule has 0 atom stereocenters. The number of thiophene rings is 1. The number of anilines is 1. The molecule has 0 aliphatic heterocycles. The lowest BCUT2D eigenvalue weighted by molar-refractivity contribution is 1.27. The minimum absolute atomic E-state index is 0.381. The van der Waals surface area contributed by atoms with Gasteiger partial charge in [-0.3, -0.25) is 0 Å². The first kappa shape index (κ1) is 9.38. The maximum Gasteiger partial charge on any atom is 0.0669 e. The summed E-state index contributed by atoms with van der Waals surface area (Å²) in [6.45, 7) is 0. The Balaban J connectivity index is 2.78. The third-order valence-electron chi connectivity index (χ3n) is 2.04. The van der Waals surface area contributed by atoms with E-state index in [2.05, 4.69) is 18.7 Å². The lowest BCUT2D eigenvalue weighted by atomic mass is 10.1. The topological polar surface area (TPSA) is 49.8 Å². The van der Waals surface area contributed by atoms with Crippen LogP contribution in [-0.2, 0) is 6.42 Å². The van der Waals surface area contributed by atoms with Gasteiger partial charge in [-0.05, 0) is 17.7 Å². The van der Waals surface area contributed by atoms with Crippen LogP contribution in [0.15, 0.2) is 22.4 Å². The molecule has 0 fully saturated rings. The van der Waals surface area contributed by atoms with Crippen molar-refractivity contribution >= 4 is 39.7 Å². The summed E-state index contributed by atoms with van der Waals surface area (Å²) in [6.07, 6.45) is 0.381. The summed E-state index contributed by atoms with van der Waals surface area (Å²) < 4.78 is 1.10. The molecule has 2 rings (SSSR count). The highest BCUT2D eigenvalue weighted by Gasteiger charge is 2.07. The van der Waals surface area contributed by atoms with Crippen LogP contribution in [0.25, 0.3) is 10.1 Å². The average Bonchev–Trinajstić information content (AvgIpc) is 2.48. The fourth-order valence-corrected chi connectivity index (χ4v) is 2.79. The molecule has 0 bridgehead atoms. The highest BCUT2D eigenvalue weighted by molar-refractivity contribution is 7.80. The van der Waals surface area contributed by atoms with Crippen molar-refractivity contribution in [2.45, 2.75) is 11.3 Å². The SMILES string of the molecule is N#CCc1cc(S)cc2scc(N)c12. The number of fused-ring (bicyclic) bond motifs is 1.